The van der Waals surface area contributed by atoms with E-state index in [0.29, 0.717) is 36.3 Å². The fourth-order valence-corrected chi connectivity index (χ4v) is 2.00. The molecule has 0 aliphatic rings. The van der Waals surface area contributed by atoms with Gasteiger partial charge in [-0.05, 0) is 18.1 Å². The molecule has 1 aromatic carbocycles. The van der Waals surface area contributed by atoms with E-state index in [2.05, 4.69) is 11.9 Å². The fraction of sp³-hybridized carbons (Fsp3) is 0.467. The number of halogens is 1. The monoisotopic (exact) mass is 299 g/mol. The molecule has 0 spiro atoms. The zero-order valence-corrected chi connectivity index (χ0v) is 12.8. The Balaban J connectivity index is 2.42. The molecule has 4 nitrogen and oxygen atoms in total. The Morgan fingerprint density at radius 1 is 1.25 bits per heavy atom. The van der Waals surface area contributed by atoms with E-state index in [1.807, 2.05) is 18.2 Å². The summed E-state index contributed by atoms with van der Waals surface area (Å²) in [7, 11) is 3.17. The van der Waals surface area contributed by atoms with Gasteiger partial charge in [0.1, 0.15) is 0 Å². The van der Waals surface area contributed by atoms with Gasteiger partial charge in [0.15, 0.2) is 11.5 Å². The Bertz CT molecular complexity index is 424. The van der Waals surface area contributed by atoms with Crippen LogP contribution in [0.3, 0.4) is 0 Å². The maximum absolute atomic E-state index is 6.29. The second kappa shape index (κ2) is 9.64. The van der Waals surface area contributed by atoms with E-state index in [0.717, 1.165) is 18.5 Å². The zero-order valence-electron chi connectivity index (χ0n) is 12.1. The molecule has 0 aromatic heterocycles. The smallest absolute Gasteiger partial charge is 0.179 e. The van der Waals surface area contributed by atoms with Crippen molar-refractivity contribution in [3.8, 4) is 11.5 Å². The molecule has 0 radical (unpaired) electrons. The number of ether oxygens (including phenoxy) is 3. The number of rotatable bonds is 10. The summed E-state index contributed by atoms with van der Waals surface area (Å²) in [4.78, 5) is 0. The van der Waals surface area contributed by atoms with E-state index in [1.54, 1.807) is 14.2 Å². The molecule has 0 saturated heterocycles. The largest absolute Gasteiger partial charge is 0.493 e. The molecule has 0 amide bonds. The van der Waals surface area contributed by atoms with Crippen molar-refractivity contribution in [3.63, 3.8) is 0 Å². The molecule has 1 rings (SSSR count). The van der Waals surface area contributed by atoms with Crippen molar-refractivity contribution in [1.29, 1.82) is 0 Å². The van der Waals surface area contributed by atoms with Crippen molar-refractivity contribution in [1.82, 2.24) is 5.32 Å². The van der Waals surface area contributed by atoms with E-state index < -0.39 is 0 Å². The fourth-order valence-electron chi connectivity index (χ4n) is 1.70. The summed E-state index contributed by atoms with van der Waals surface area (Å²) >= 11 is 6.29. The van der Waals surface area contributed by atoms with E-state index in [4.69, 9.17) is 25.8 Å². The summed E-state index contributed by atoms with van der Waals surface area (Å²) in [6.07, 6.45) is 2.72. The first-order chi connectivity index (χ1) is 9.74. The minimum absolute atomic E-state index is 0.565. The van der Waals surface area contributed by atoms with Gasteiger partial charge in [-0.1, -0.05) is 23.7 Å². The average Bonchev–Trinajstić information content (AvgIpc) is 2.47. The molecule has 5 heteroatoms. The number of methoxy groups -OCH3 is 2. The standard InChI is InChI=1S/C15H22ClNO3/c1-4-5-9-20-10-8-17-11-12-6-7-13(18-2)15(19-3)14(12)16/h4,6-7,17H,1,5,8-11H2,2-3H3. The van der Waals surface area contributed by atoms with Crippen LogP contribution < -0.4 is 14.8 Å². The highest BCUT2D eigenvalue weighted by molar-refractivity contribution is 6.33. The topological polar surface area (TPSA) is 39.7 Å². The van der Waals surface area contributed by atoms with Gasteiger partial charge in [-0.25, -0.2) is 0 Å². The van der Waals surface area contributed by atoms with Gasteiger partial charge in [-0.2, -0.15) is 0 Å². The van der Waals surface area contributed by atoms with Crippen LogP contribution in [0.5, 0.6) is 11.5 Å². The summed E-state index contributed by atoms with van der Waals surface area (Å²) in [6.45, 7) is 6.44. The van der Waals surface area contributed by atoms with Crippen LogP contribution in [0.4, 0.5) is 0 Å². The molecular weight excluding hydrogens is 278 g/mol. The van der Waals surface area contributed by atoms with Crippen LogP contribution in [-0.4, -0.2) is 34.0 Å². The summed E-state index contributed by atoms with van der Waals surface area (Å²) < 4.78 is 15.9. The molecule has 1 aromatic rings. The van der Waals surface area contributed by atoms with E-state index in [1.165, 1.54) is 0 Å². The highest BCUT2D eigenvalue weighted by atomic mass is 35.5. The third kappa shape index (κ3) is 5.04. The third-order valence-electron chi connectivity index (χ3n) is 2.77. The third-order valence-corrected chi connectivity index (χ3v) is 3.18. The first-order valence-corrected chi connectivity index (χ1v) is 6.91. The molecule has 0 saturated carbocycles. The lowest BCUT2D eigenvalue weighted by Crippen LogP contribution is -2.19. The van der Waals surface area contributed by atoms with Crippen molar-refractivity contribution in [2.45, 2.75) is 13.0 Å². The van der Waals surface area contributed by atoms with E-state index in [-0.39, 0.29) is 0 Å². The second-order valence-electron chi connectivity index (χ2n) is 4.14. The molecule has 0 aliphatic carbocycles. The average molecular weight is 300 g/mol. The zero-order chi connectivity index (χ0) is 14.8. The Labute approximate surface area is 125 Å². The highest BCUT2D eigenvalue weighted by Gasteiger charge is 2.12. The van der Waals surface area contributed by atoms with E-state index in [9.17, 15) is 0 Å². The van der Waals surface area contributed by atoms with Crippen LogP contribution in [0, 0.1) is 0 Å². The van der Waals surface area contributed by atoms with Gasteiger partial charge in [0.25, 0.3) is 0 Å². The molecule has 0 heterocycles. The molecule has 20 heavy (non-hydrogen) atoms. The minimum atomic E-state index is 0.565. The first-order valence-electron chi connectivity index (χ1n) is 6.53. The molecule has 0 aliphatic heterocycles. The predicted octanol–water partition coefficient (Wildman–Crippen LogP) is 3.04. The van der Waals surface area contributed by atoms with Gasteiger partial charge in [-0.15, -0.1) is 6.58 Å². The summed E-state index contributed by atoms with van der Waals surface area (Å²) in [5.74, 6) is 1.20. The quantitative estimate of drug-likeness (QED) is 0.532. The van der Waals surface area contributed by atoms with Gasteiger partial charge in [0.05, 0.1) is 32.5 Å². The molecule has 0 atom stereocenters. The normalized spacial score (nSPS) is 10.3. The van der Waals surface area contributed by atoms with Gasteiger partial charge < -0.3 is 19.5 Å². The Hall–Kier alpha value is -1.23. The van der Waals surface area contributed by atoms with Crippen molar-refractivity contribution in [2.24, 2.45) is 0 Å². The number of benzene rings is 1. The van der Waals surface area contributed by atoms with Crippen molar-refractivity contribution in [3.05, 3.63) is 35.4 Å². The van der Waals surface area contributed by atoms with Crippen molar-refractivity contribution < 1.29 is 14.2 Å². The van der Waals surface area contributed by atoms with Gasteiger partial charge in [0.2, 0.25) is 0 Å². The van der Waals surface area contributed by atoms with Gasteiger partial charge in [0, 0.05) is 13.1 Å². The first kappa shape index (κ1) is 16.8. The Kier molecular flexibility index (Phi) is 8.11. The van der Waals surface area contributed by atoms with Crippen LogP contribution in [0.15, 0.2) is 24.8 Å². The lowest BCUT2D eigenvalue weighted by atomic mass is 10.2. The van der Waals surface area contributed by atoms with Crippen LogP contribution in [0.25, 0.3) is 0 Å². The van der Waals surface area contributed by atoms with Crippen LogP contribution in [0.1, 0.15) is 12.0 Å². The Morgan fingerprint density at radius 2 is 2.05 bits per heavy atom. The molecular formula is C15H22ClNO3. The summed E-state index contributed by atoms with van der Waals surface area (Å²) in [5.41, 5.74) is 0.968. The lowest BCUT2D eigenvalue weighted by molar-refractivity contribution is 0.140. The SMILES string of the molecule is C=CCCOCCNCc1ccc(OC)c(OC)c1Cl. The summed E-state index contributed by atoms with van der Waals surface area (Å²) in [6, 6.07) is 3.78. The van der Waals surface area contributed by atoms with Crippen molar-refractivity contribution in [2.75, 3.05) is 34.0 Å². The van der Waals surface area contributed by atoms with Crippen molar-refractivity contribution >= 4 is 11.6 Å². The van der Waals surface area contributed by atoms with Gasteiger partial charge in [-0.3, -0.25) is 0 Å². The van der Waals surface area contributed by atoms with Crippen LogP contribution in [-0.2, 0) is 11.3 Å². The molecule has 0 unspecified atom stereocenters. The summed E-state index contributed by atoms with van der Waals surface area (Å²) in [5, 5.41) is 3.85. The van der Waals surface area contributed by atoms with Crippen LogP contribution >= 0.6 is 11.6 Å². The predicted molar refractivity (Wildman–Crippen MR) is 81.9 cm³/mol. The maximum Gasteiger partial charge on any atom is 0.179 e. The number of nitrogens with one attached hydrogen (secondary N) is 1. The lowest BCUT2D eigenvalue weighted by Gasteiger charge is -2.13. The molecule has 1 N–H and O–H groups in total. The highest BCUT2D eigenvalue weighted by Crippen LogP contribution is 2.37. The van der Waals surface area contributed by atoms with Gasteiger partial charge >= 0.3 is 0 Å². The minimum Gasteiger partial charge on any atom is -0.493 e. The molecule has 0 bridgehead atoms. The van der Waals surface area contributed by atoms with Crippen LogP contribution in [0.2, 0.25) is 5.02 Å². The maximum atomic E-state index is 6.29. The number of hydrogen-bond donors (Lipinski definition) is 1. The Morgan fingerprint density at radius 3 is 2.70 bits per heavy atom. The van der Waals surface area contributed by atoms with E-state index >= 15 is 0 Å². The molecule has 0 fully saturated rings. The molecule has 112 valence electrons. The number of hydrogen-bond acceptors (Lipinski definition) is 4. The second-order valence-corrected chi connectivity index (χ2v) is 4.52.